The minimum absolute atomic E-state index is 0.114. The van der Waals surface area contributed by atoms with E-state index in [-0.39, 0.29) is 5.91 Å². The van der Waals surface area contributed by atoms with Gasteiger partial charge in [0.05, 0.1) is 6.54 Å². The molecule has 2 atom stereocenters. The summed E-state index contributed by atoms with van der Waals surface area (Å²) in [5.41, 5.74) is 6.18. The van der Waals surface area contributed by atoms with Crippen molar-refractivity contribution in [1.29, 1.82) is 0 Å². The molecule has 0 spiro atoms. The lowest BCUT2D eigenvalue weighted by Gasteiger charge is -2.20. The summed E-state index contributed by atoms with van der Waals surface area (Å²) in [6.07, 6.45) is 1.08. The Bertz CT molecular complexity index is 497. The number of rotatable bonds is 1. The molecule has 0 radical (unpaired) electrons. The highest BCUT2D eigenvalue weighted by Crippen LogP contribution is 2.27. The Morgan fingerprint density at radius 1 is 1.61 bits per heavy atom. The van der Waals surface area contributed by atoms with Crippen LogP contribution in [0.5, 0.6) is 0 Å². The number of carbonyl (C=O) groups is 1. The van der Waals surface area contributed by atoms with Crippen LogP contribution < -0.4 is 5.73 Å². The number of hydrogen-bond donors (Lipinski definition) is 1. The third-order valence-corrected chi connectivity index (χ3v) is 4.13. The van der Waals surface area contributed by atoms with E-state index in [9.17, 15) is 4.79 Å². The number of carbonyl (C=O) groups excluding carboxylic acids is 1. The van der Waals surface area contributed by atoms with Crippen LogP contribution in [0.25, 0.3) is 0 Å². The molecule has 1 aromatic heterocycles. The lowest BCUT2D eigenvalue weighted by atomic mass is 10.1. The number of hydrogen-bond acceptors (Lipinski definition) is 3. The molecule has 4 heteroatoms. The Morgan fingerprint density at radius 2 is 2.39 bits per heavy atom. The second kappa shape index (κ2) is 5.55. The van der Waals surface area contributed by atoms with Crippen LogP contribution in [0.3, 0.4) is 0 Å². The molecule has 96 valence electrons. The standard InChI is InChI=1S/C14H18N2OS/c1-10-8-11(2)16(9-10)14(17)13-12(4-3-6-15)5-7-18-13/h5,7,10-11H,6,8-9,15H2,1-2H3. The molecule has 1 aromatic rings. The third kappa shape index (κ3) is 2.58. The molecule has 1 aliphatic rings. The van der Waals surface area contributed by atoms with Gasteiger partial charge in [0.15, 0.2) is 0 Å². The maximum atomic E-state index is 12.5. The van der Waals surface area contributed by atoms with Gasteiger partial charge < -0.3 is 10.6 Å². The van der Waals surface area contributed by atoms with Crippen molar-refractivity contribution in [2.24, 2.45) is 11.7 Å². The molecular formula is C14H18N2OS. The molecule has 2 heterocycles. The van der Waals surface area contributed by atoms with Gasteiger partial charge in [0, 0.05) is 18.2 Å². The summed E-state index contributed by atoms with van der Waals surface area (Å²) in [4.78, 5) is 15.2. The van der Waals surface area contributed by atoms with Gasteiger partial charge in [-0.1, -0.05) is 18.8 Å². The molecule has 1 saturated heterocycles. The Hall–Kier alpha value is -1.31. The van der Waals surface area contributed by atoms with E-state index in [4.69, 9.17) is 5.73 Å². The van der Waals surface area contributed by atoms with Gasteiger partial charge in [0.25, 0.3) is 5.91 Å². The molecule has 1 aliphatic heterocycles. The van der Waals surface area contributed by atoms with Gasteiger partial charge in [-0.05, 0) is 30.7 Å². The summed E-state index contributed by atoms with van der Waals surface area (Å²) in [6, 6.07) is 2.22. The predicted molar refractivity (Wildman–Crippen MR) is 74.5 cm³/mol. The molecule has 3 nitrogen and oxygen atoms in total. The Balaban J connectivity index is 2.21. The molecule has 2 unspecified atom stereocenters. The number of likely N-dealkylation sites (tertiary alicyclic amines) is 1. The van der Waals surface area contributed by atoms with Crippen molar-refractivity contribution in [1.82, 2.24) is 4.90 Å². The van der Waals surface area contributed by atoms with E-state index in [0.717, 1.165) is 23.4 Å². The fourth-order valence-corrected chi connectivity index (χ4v) is 3.24. The van der Waals surface area contributed by atoms with Crippen LogP contribution in [0.1, 0.15) is 35.5 Å². The van der Waals surface area contributed by atoms with Crippen molar-refractivity contribution >= 4 is 17.2 Å². The lowest BCUT2D eigenvalue weighted by molar-refractivity contribution is 0.0748. The summed E-state index contributed by atoms with van der Waals surface area (Å²) in [5.74, 6) is 6.48. The van der Waals surface area contributed by atoms with Crippen molar-refractivity contribution in [2.75, 3.05) is 13.1 Å². The van der Waals surface area contributed by atoms with Crippen LogP contribution in [-0.2, 0) is 0 Å². The highest BCUT2D eigenvalue weighted by atomic mass is 32.1. The molecule has 1 fully saturated rings. The van der Waals surface area contributed by atoms with Gasteiger partial charge in [0.2, 0.25) is 0 Å². The Labute approximate surface area is 112 Å². The van der Waals surface area contributed by atoms with E-state index in [1.807, 2.05) is 16.3 Å². The van der Waals surface area contributed by atoms with Gasteiger partial charge in [-0.2, -0.15) is 0 Å². The molecule has 18 heavy (non-hydrogen) atoms. The molecule has 2 N–H and O–H groups in total. The fraction of sp³-hybridized carbons (Fsp3) is 0.500. The average Bonchev–Trinajstić information content (AvgIpc) is 2.92. The quantitative estimate of drug-likeness (QED) is 0.786. The number of amides is 1. The van der Waals surface area contributed by atoms with E-state index in [0.29, 0.717) is 18.5 Å². The zero-order valence-corrected chi connectivity index (χ0v) is 11.6. The third-order valence-electron chi connectivity index (χ3n) is 3.23. The van der Waals surface area contributed by atoms with E-state index in [2.05, 4.69) is 25.7 Å². The van der Waals surface area contributed by atoms with E-state index < -0.39 is 0 Å². The summed E-state index contributed by atoms with van der Waals surface area (Å²) >= 11 is 1.46. The van der Waals surface area contributed by atoms with Gasteiger partial charge in [0.1, 0.15) is 4.88 Å². The topological polar surface area (TPSA) is 46.3 Å². The molecule has 0 aliphatic carbocycles. The molecule has 2 rings (SSSR count). The van der Waals surface area contributed by atoms with Crippen LogP contribution in [0, 0.1) is 17.8 Å². The Morgan fingerprint density at radius 3 is 3.00 bits per heavy atom. The van der Waals surface area contributed by atoms with Crippen LogP contribution in [-0.4, -0.2) is 29.9 Å². The molecule has 1 amide bonds. The molecule has 0 aromatic carbocycles. The van der Waals surface area contributed by atoms with Crippen molar-refractivity contribution in [3.8, 4) is 11.8 Å². The SMILES string of the molecule is CC1CC(C)N(C(=O)c2sccc2C#CCN)C1. The maximum Gasteiger partial charge on any atom is 0.265 e. The number of nitrogens with two attached hydrogens (primary N) is 1. The first-order chi connectivity index (χ1) is 8.63. The zero-order chi connectivity index (χ0) is 13.1. The van der Waals surface area contributed by atoms with Crippen molar-refractivity contribution < 1.29 is 4.79 Å². The molecular weight excluding hydrogens is 244 g/mol. The summed E-state index contributed by atoms with van der Waals surface area (Å²) in [5, 5.41) is 1.91. The van der Waals surface area contributed by atoms with Crippen molar-refractivity contribution in [3.63, 3.8) is 0 Å². The second-order valence-electron chi connectivity index (χ2n) is 4.82. The van der Waals surface area contributed by atoms with E-state index in [1.54, 1.807) is 0 Å². The lowest BCUT2D eigenvalue weighted by Crippen LogP contribution is -2.33. The molecule has 0 saturated carbocycles. The first-order valence-electron chi connectivity index (χ1n) is 6.21. The number of nitrogens with zero attached hydrogens (tertiary/aromatic N) is 1. The summed E-state index contributed by atoms with van der Waals surface area (Å²) in [6.45, 7) is 5.47. The van der Waals surface area contributed by atoms with Crippen LogP contribution in [0.15, 0.2) is 11.4 Å². The van der Waals surface area contributed by atoms with Gasteiger partial charge in [-0.3, -0.25) is 4.79 Å². The highest BCUT2D eigenvalue weighted by molar-refractivity contribution is 7.12. The first kappa shape index (κ1) is 13.1. The van der Waals surface area contributed by atoms with Gasteiger partial charge in [-0.15, -0.1) is 11.3 Å². The van der Waals surface area contributed by atoms with E-state index in [1.165, 1.54) is 11.3 Å². The van der Waals surface area contributed by atoms with Gasteiger partial charge >= 0.3 is 0 Å². The summed E-state index contributed by atoms with van der Waals surface area (Å²) < 4.78 is 0. The van der Waals surface area contributed by atoms with Crippen LogP contribution in [0.2, 0.25) is 0 Å². The minimum atomic E-state index is 0.114. The normalized spacial score (nSPS) is 22.7. The largest absolute Gasteiger partial charge is 0.335 e. The number of thiophene rings is 1. The predicted octanol–water partition coefficient (Wildman–Crippen LogP) is 1.93. The summed E-state index contributed by atoms with van der Waals surface area (Å²) in [7, 11) is 0. The monoisotopic (exact) mass is 262 g/mol. The maximum absolute atomic E-state index is 12.5. The smallest absolute Gasteiger partial charge is 0.265 e. The second-order valence-corrected chi connectivity index (χ2v) is 5.73. The van der Waals surface area contributed by atoms with Crippen molar-refractivity contribution in [3.05, 3.63) is 21.9 Å². The first-order valence-corrected chi connectivity index (χ1v) is 7.08. The zero-order valence-electron chi connectivity index (χ0n) is 10.8. The fourth-order valence-electron chi connectivity index (χ4n) is 2.43. The van der Waals surface area contributed by atoms with Crippen LogP contribution >= 0.6 is 11.3 Å². The average molecular weight is 262 g/mol. The Kier molecular flexibility index (Phi) is 4.05. The van der Waals surface area contributed by atoms with E-state index >= 15 is 0 Å². The minimum Gasteiger partial charge on any atom is -0.335 e. The van der Waals surface area contributed by atoms with Crippen LogP contribution in [0.4, 0.5) is 0 Å². The van der Waals surface area contributed by atoms with Gasteiger partial charge in [-0.25, -0.2) is 0 Å². The molecule has 0 bridgehead atoms. The highest BCUT2D eigenvalue weighted by Gasteiger charge is 2.31. The van der Waals surface area contributed by atoms with Crippen molar-refractivity contribution in [2.45, 2.75) is 26.3 Å².